The molecule has 0 spiro atoms. The molecule has 0 aliphatic rings. The predicted molar refractivity (Wildman–Crippen MR) is 61.5 cm³/mol. The van der Waals surface area contributed by atoms with Gasteiger partial charge in [-0.15, -0.1) is 0 Å². The molecule has 0 aromatic carbocycles. The van der Waals surface area contributed by atoms with E-state index >= 15 is 0 Å². The Bertz CT molecular complexity index is 156. The van der Waals surface area contributed by atoms with E-state index in [4.69, 9.17) is 0 Å². The van der Waals surface area contributed by atoms with Gasteiger partial charge in [0.05, 0.1) is 0 Å². The van der Waals surface area contributed by atoms with Crippen molar-refractivity contribution < 1.29 is 4.79 Å². The van der Waals surface area contributed by atoms with Gasteiger partial charge >= 0.3 is 0 Å². The smallest absolute Gasteiger partial charge is 0.129 e. The number of rotatable bonds is 8. The van der Waals surface area contributed by atoms with E-state index in [-0.39, 0.29) is 0 Å². The van der Waals surface area contributed by atoms with Crippen LogP contribution in [0.4, 0.5) is 0 Å². The summed E-state index contributed by atoms with van der Waals surface area (Å²) in [5.41, 5.74) is 0. The molecule has 0 aliphatic carbocycles. The van der Waals surface area contributed by atoms with E-state index in [9.17, 15) is 4.79 Å². The fourth-order valence-electron chi connectivity index (χ4n) is 1.51. The first-order chi connectivity index (χ1) is 6.56. The minimum absolute atomic E-state index is 0.314. The van der Waals surface area contributed by atoms with Gasteiger partial charge in [-0.1, -0.05) is 20.3 Å². The average Bonchev–Trinajstić information content (AvgIpc) is 2.12. The van der Waals surface area contributed by atoms with E-state index < -0.39 is 0 Å². The summed E-state index contributed by atoms with van der Waals surface area (Å²) in [4.78, 5) is 13.1. The van der Waals surface area contributed by atoms with Gasteiger partial charge in [-0.25, -0.2) is 0 Å². The molecule has 0 aromatic rings. The van der Waals surface area contributed by atoms with Gasteiger partial charge in [-0.3, -0.25) is 0 Å². The highest BCUT2D eigenvalue weighted by Crippen LogP contribution is 2.04. The minimum atomic E-state index is 0.314. The highest BCUT2D eigenvalue weighted by Gasteiger charge is 2.03. The van der Waals surface area contributed by atoms with Gasteiger partial charge in [-0.2, -0.15) is 0 Å². The standard InChI is InChI=1S/C12H25NO/c1-5-11(2)10-13(4)9-7-6-8-12(3)14/h11H,5-10H2,1-4H3. The minimum Gasteiger partial charge on any atom is -0.306 e. The molecule has 2 nitrogen and oxygen atoms in total. The van der Waals surface area contributed by atoms with Crippen LogP contribution >= 0.6 is 0 Å². The van der Waals surface area contributed by atoms with Crippen molar-refractivity contribution in [2.75, 3.05) is 20.1 Å². The first kappa shape index (κ1) is 13.6. The highest BCUT2D eigenvalue weighted by atomic mass is 16.1. The Morgan fingerprint density at radius 2 is 2.00 bits per heavy atom. The third-order valence-electron chi connectivity index (χ3n) is 2.64. The Morgan fingerprint density at radius 3 is 2.50 bits per heavy atom. The first-order valence-corrected chi connectivity index (χ1v) is 5.74. The summed E-state index contributed by atoms with van der Waals surface area (Å²) < 4.78 is 0. The molecule has 14 heavy (non-hydrogen) atoms. The number of unbranched alkanes of at least 4 members (excludes halogenated alkanes) is 1. The Labute approximate surface area is 88.7 Å². The maximum absolute atomic E-state index is 10.7. The van der Waals surface area contributed by atoms with Crippen molar-refractivity contribution in [1.29, 1.82) is 0 Å². The van der Waals surface area contributed by atoms with Crippen LogP contribution in [0.3, 0.4) is 0 Å². The molecule has 0 heterocycles. The van der Waals surface area contributed by atoms with Crippen molar-refractivity contribution in [3.63, 3.8) is 0 Å². The number of hydrogen-bond donors (Lipinski definition) is 0. The molecule has 0 N–H and O–H groups in total. The molecule has 0 saturated carbocycles. The van der Waals surface area contributed by atoms with E-state index in [1.807, 2.05) is 0 Å². The molecule has 0 aliphatic heterocycles. The van der Waals surface area contributed by atoms with Gasteiger partial charge in [-0.05, 0) is 39.3 Å². The van der Waals surface area contributed by atoms with Crippen LogP contribution in [0.25, 0.3) is 0 Å². The fraction of sp³-hybridized carbons (Fsp3) is 0.917. The number of nitrogens with zero attached hydrogens (tertiary/aromatic N) is 1. The van der Waals surface area contributed by atoms with E-state index in [0.717, 1.165) is 31.7 Å². The summed E-state index contributed by atoms with van der Waals surface area (Å²) in [7, 11) is 2.17. The van der Waals surface area contributed by atoms with E-state index in [1.165, 1.54) is 13.0 Å². The summed E-state index contributed by atoms with van der Waals surface area (Å²) >= 11 is 0. The third kappa shape index (κ3) is 8.24. The normalized spacial score (nSPS) is 13.2. The highest BCUT2D eigenvalue weighted by molar-refractivity contribution is 5.75. The summed E-state index contributed by atoms with van der Waals surface area (Å²) in [5.74, 6) is 1.10. The van der Waals surface area contributed by atoms with Crippen molar-refractivity contribution >= 4 is 5.78 Å². The van der Waals surface area contributed by atoms with Crippen LogP contribution in [-0.4, -0.2) is 30.8 Å². The Morgan fingerprint density at radius 1 is 1.36 bits per heavy atom. The number of ketones is 1. The van der Waals surface area contributed by atoms with Crippen LogP contribution in [-0.2, 0) is 4.79 Å². The third-order valence-corrected chi connectivity index (χ3v) is 2.64. The summed E-state index contributed by atoms with van der Waals surface area (Å²) in [6, 6.07) is 0. The topological polar surface area (TPSA) is 20.3 Å². The van der Waals surface area contributed by atoms with Crippen LogP contribution < -0.4 is 0 Å². The second-order valence-electron chi connectivity index (χ2n) is 4.43. The molecular formula is C12H25NO. The quantitative estimate of drug-likeness (QED) is 0.560. The van der Waals surface area contributed by atoms with Crippen molar-refractivity contribution in [2.24, 2.45) is 5.92 Å². The molecule has 84 valence electrons. The van der Waals surface area contributed by atoms with Crippen LogP contribution in [0.1, 0.15) is 46.5 Å². The molecule has 1 unspecified atom stereocenters. The van der Waals surface area contributed by atoms with Gasteiger partial charge in [0, 0.05) is 13.0 Å². The maximum atomic E-state index is 10.7. The number of carbonyl (C=O) groups excluding carboxylic acids is 1. The largest absolute Gasteiger partial charge is 0.306 e. The zero-order valence-electron chi connectivity index (χ0n) is 10.2. The van der Waals surface area contributed by atoms with Crippen molar-refractivity contribution in [1.82, 2.24) is 4.90 Å². The lowest BCUT2D eigenvalue weighted by molar-refractivity contribution is -0.117. The second-order valence-corrected chi connectivity index (χ2v) is 4.43. The molecule has 2 heteroatoms. The van der Waals surface area contributed by atoms with E-state index in [2.05, 4.69) is 25.8 Å². The SMILES string of the molecule is CCC(C)CN(C)CCCCC(C)=O. The number of Topliss-reactive ketones (excluding diaryl/α,β-unsaturated/α-hetero) is 1. The van der Waals surface area contributed by atoms with Crippen molar-refractivity contribution in [3.8, 4) is 0 Å². The number of hydrogen-bond acceptors (Lipinski definition) is 2. The van der Waals surface area contributed by atoms with Gasteiger partial charge in [0.2, 0.25) is 0 Å². The zero-order chi connectivity index (χ0) is 11.0. The Hall–Kier alpha value is -0.370. The molecule has 0 aromatic heterocycles. The van der Waals surface area contributed by atoms with Gasteiger partial charge in [0.15, 0.2) is 0 Å². The monoisotopic (exact) mass is 199 g/mol. The lowest BCUT2D eigenvalue weighted by atomic mass is 10.1. The second kappa shape index (κ2) is 7.98. The Kier molecular flexibility index (Phi) is 7.77. The van der Waals surface area contributed by atoms with Gasteiger partial charge in [0.1, 0.15) is 5.78 Å². The average molecular weight is 199 g/mol. The van der Waals surface area contributed by atoms with Gasteiger partial charge in [0.25, 0.3) is 0 Å². The van der Waals surface area contributed by atoms with E-state index in [1.54, 1.807) is 6.92 Å². The molecule has 0 saturated heterocycles. The van der Waals surface area contributed by atoms with E-state index in [0.29, 0.717) is 5.78 Å². The fourth-order valence-corrected chi connectivity index (χ4v) is 1.51. The van der Waals surface area contributed by atoms with Crippen molar-refractivity contribution in [3.05, 3.63) is 0 Å². The maximum Gasteiger partial charge on any atom is 0.129 e. The van der Waals surface area contributed by atoms with Crippen LogP contribution in [0, 0.1) is 5.92 Å². The van der Waals surface area contributed by atoms with Crippen LogP contribution in [0.2, 0.25) is 0 Å². The van der Waals surface area contributed by atoms with Crippen LogP contribution in [0.15, 0.2) is 0 Å². The molecule has 0 rings (SSSR count). The lowest BCUT2D eigenvalue weighted by Crippen LogP contribution is -2.25. The molecule has 0 amide bonds. The van der Waals surface area contributed by atoms with Crippen LogP contribution in [0.5, 0.6) is 0 Å². The first-order valence-electron chi connectivity index (χ1n) is 5.74. The molecule has 1 atom stereocenters. The summed E-state index contributed by atoms with van der Waals surface area (Å²) in [6.45, 7) is 8.48. The Balaban J connectivity index is 3.35. The zero-order valence-corrected chi connectivity index (χ0v) is 10.2. The molecular weight excluding hydrogens is 174 g/mol. The van der Waals surface area contributed by atoms with Crippen molar-refractivity contribution in [2.45, 2.75) is 46.5 Å². The molecule has 0 fully saturated rings. The predicted octanol–water partition coefficient (Wildman–Crippen LogP) is 2.72. The molecule has 0 radical (unpaired) electrons. The lowest BCUT2D eigenvalue weighted by Gasteiger charge is -2.20. The number of carbonyl (C=O) groups is 1. The summed E-state index contributed by atoms with van der Waals surface area (Å²) in [5, 5.41) is 0. The summed E-state index contributed by atoms with van der Waals surface area (Å²) in [6.07, 6.45) is 4.18. The van der Waals surface area contributed by atoms with Gasteiger partial charge < -0.3 is 9.69 Å². The molecule has 0 bridgehead atoms.